The number of aromatic amines is 1. The number of ether oxygens (including phenoxy) is 1. The summed E-state index contributed by atoms with van der Waals surface area (Å²) in [5.74, 6) is 0.628. The van der Waals surface area contributed by atoms with Crippen LogP contribution >= 0.6 is 0 Å². The van der Waals surface area contributed by atoms with E-state index in [4.69, 9.17) is 4.74 Å². The maximum absolute atomic E-state index is 12.9. The van der Waals surface area contributed by atoms with E-state index in [-0.39, 0.29) is 18.0 Å². The van der Waals surface area contributed by atoms with Gasteiger partial charge in [0.2, 0.25) is 0 Å². The number of imidazole rings is 1. The highest BCUT2D eigenvalue weighted by atomic mass is 16.6. The highest BCUT2D eigenvalue weighted by molar-refractivity contribution is 6.00. The van der Waals surface area contributed by atoms with Gasteiger partial charge in [0.15, 0.2) is 0 Å². The molecule has 3 heterocycles. The van der Waals surface area contributed by atoms with E-state index >= 15 is 0 Å². The number of aromatic nitrogens is 2. The summed E-state index contributed by atoms with van der Waals surface area (Å²) in [5, 5.41) is 0. The smallest absolute Gasteiger partial charge is 0.410 e. The summed E-state index contributed by atoms with van der Waals surface area (Å²) in [7, 11) is 0. The number of cyclic esters (lactones) is 1. The Kier molecular flexibility index (Phi) is 3.25. The van der Waals surface area contributed by atoms with Crippen LogP contribution < -0.4 is 0 Å². The zero-order chi connectivity index (χ0) is 15.8. The second-order valence-electron chi connectivity index (χ2n) is 5.66. The van der Waals surface area contributed by atoms with Crippen LogP contribution in [0.2, 0.25) is 0 Å². The molecule has 2 aliphatic rings. The van der Waals surface area contributed by atoms with Crippen LogP contribution in [0.3, 0.4) is 0 Å². The first-order valence-corrected chi connectivity index (χ1v) is 7.55. The average Bonchev–Trinajstić information content (AvgIpc) is 3.24. The van der Waals surface area contributed by atoms with Gasteiger partial charge >= 0.3 is 6.09 Å². The third-order valence-electron chi connectivity index (χ3n) is 4.31. The number of H-pyrrole nitrogens is 1. The second-order valence-corrected chi connectivity index (χ2v) is 5.66. The Bertz CT molecular complexity index is 744. The molecule has 2 fully saturated rings. The Balaban J connectivity index is 1.60. The average molecular weight is 312 g/mol. The van der Waals surface area contributed by atoms with E-state index in [1.54, 1.807) is 22.2 Å². The van der Waals surface area contributed by atoms with Gasteiger partial charge in [0.05, 0.1) is 11.6 Å². The van der Waals surface area contributed by atoms with Gasteiger partial charge in [-0.15, -0.1) is 0 Å². The van der Waals surface area contributed by atoms with Crippen molar-refractivity contribution in [3.05, 3.63) is 42.2 Å². The molecule has 1 aromatic carbocycles. The van der Waals surface area contributed by atoms with E-state index in [1.165, 1.54) is 0 Å². The molecule has 2 aliphatic heterocycles. The van der Waals surface area contributed by atoms with Crippen molar-refractivity contribution in [2.75, 3.05) is 26.2 Å². The monoisotopic (exact) mass is 312 g/mol. The minimum Gasteiger partial charge on any atom is -0.447 e. The van der Waals surface area contributed by atoms with Gasteiger partial charge in [-0.2, -0.15) is 0 Å². The molecule has 0 unspecified atom stereocenters. The third kappa shape index (κ3) is 2.34. The number of carbonyl (C=O) groups is 2. The molecule has 7 nitrogen and oxygen atoms in total. The molecule has 2 amide bonds. The topological polar surface area (TPSA) is 78.5 Å². The van der Waals surface area contributed by atoms with E-state index in [1.807, 2.05) is 24.3 Å². The molecule has 2 aromatic rings. The maximum atomic E-state index is 12.9. The zero-order valence-corrected chi connectivity index (χ0v) is 12.4. The molecule has 0 spiro atoms. The number of fused-ring (bicyclic) bond motifs is 1. The molecule has 1 aromatic heterocycles. The van der Waals surface area contributed by atoms with Crippen molar-refractivity contribution in [3.63, 3.8) is 0 Å². The second kappa shape index (κ2) is 5.42. The fourth-order valence-electron chi connectivity index (χ4n) is 3.13. The summed E-state index contributed by atoms with van der Waals surface area (Å²) in [5.41, 5.74) is 1.39. The third-order valence-corrected chi connectivity index (χ3v) is 4.31. The fraction of sp³-hybridized carbons (Fsp3) is 0.312. The molecule has 0 radical (unpaired) electrons. The first-order valence-electron chi connectivity index (χ1n) is 7.55. The van der Waals surface area contributed by atoms with Gasteiger partial charge in [0.1, 0.15) is 12.4 Å². The van der Waals surface area contributed by atoms with Crippen LogP contribution in [0.1, 0.15) is 10.4 Å². The number of amides is 2. The summed E-state index contributed by atoms with van der Waals surface area (Å²) in [6, 6.07) is 7.37. The number of nitrogens with zero attached hydrogens (tertiary/aromatic N) is 3. The minimum atomic E-state index is -0.280. The summed E-state index contributed by atoms with van der Waals surface area (Å²) in [6.07, 6.45) is 3.12. The van der Waals surface area contributed by atoms with Crippen LogP contribution in [0.5, 0.6) is 0 Å². The Morgan fingerprint density at radius 1 is 1.30 bits per heavy atom. The number of piperazine rings is 1. The minimum absolute atomic E-state index is 0.0454. The largest absolute Gasteiger partial charge is 0.447 e. The molecule has 118 valence electrons. The Morgan fingerprint density at radius 3 is 3.00 bits per heavy atom. The normalized spacial score (nSPS) is 20.3. The first-order chi connectivity index (χ1) is 11.2. The number of rotatable bonds is 2. The lowest BCUT2D eigenvalue weighted by molar-refractivity contribution is 0.0617. The van der Waals surface area contributed by atoms with Gasteiger partial charge in [-0.25, -0.2) is 9.78 Å². The van der Waals surface area contributed by atoms with Crippen LogP contribution in [-0.4, -0.2) is 64.1 Å². The van der Waals surface area contributed by atoms with Crippen molar-refractivity contribution in [2.24, 2.45) is 0 Å². The number of hydrogen-bond acceptors (Lipinski definition) is 4. The summed E-state index contributed by atoms with van der Waals surface area (Å²) in [6.45, 7) is 1.87. The molecule has 1 atom stereocenters. The van der Waals surface area contributed by atoms with Crippen LogP contribution in [0, 0.1) is 0 Å². The molecule has 0 bridgehead atoms. The molecule has 0 aliphatic carbocycles. The number of nitrogens with one attached hydrogen (secondary N) is 1. The molecule has 4 rings (SSSR count). The van der Waals surface area contributed by atoms with Gasteiger partial charge in [-0.3, -0.25) is 9.69 Å². The summed E-state index contributed by atoms with van der Waals surface area (Å²) in [4.78, 5) is 35.2. The SMILES string of the molecule is O=C(c1ccccc1-c1ncc[nH]1)N1CCN2C(=O)OC[C@H]2C1. The maximum Gasteiger partial charge on any atom is 0.410 e. The van der Waals surface area contributed by atoms with Crippen molar-refractivity contribution in [2.45, 2.75) is 6.04 Å². The van der Waals surface area contributed by atoms with Gasteiger partial charge in [0.25, 0.3) is 5.91 Å². The highest BCUT2D eigenvalue weighted by Gasteiger charge is 2.39. The van der Waals surface area contributed by atoms with Crippen LogP contribution in [0.4, 0.5) is 4.79 Å². The quantitative estimate of drug-likeness (QED) is 0.908. The molecule has 0 saturated carbocycles. The lowest BCUT2D eigenvalue weighted by Crippen LogP contribution is -2.53. The Morgan fingerprint density at radius 2 is 2.17 bits per heavy atom. The molecule has 2 saturated heterocycles. The number of benzene rings is 1. The Labute approximate surface area is 132 Å². The van der Waals surface area contributed by atoms with Crippen molar-refractivity contribution in [3.8, 4) is 11.4 Å². The molecule has 7 heteroatoms. The van der Waals surface area contributed by atoms with Gasteiger partial charge in [0, 0.05) is 37.6 Å². The van der Waals surface area contributed by atoms with Crippen molar-refractivity contribution in [1.82, 2.24) is 19.8 Å². The van der Waals surface area contributed by atoms with E-state index in [2.05, 4.69) is 9.97 Å². The molecule has 23 heavy (non-hydrogen) atoms. The molecular weight excluding hydrogens is 296 g/mol. The highest BCUT2D eigenvalue weighted by Crippen LogP contribution is 2.24. The van der Waals surface area contributed by atoms with E-state index in [9.17, 15) is 9.59 Å². The van der Waals surface area contributed by atoms with Gasteiger partial charge in [-0.1, -0.05) is 18.2 Å². The predicted molar refractivity (Wildman–Crippen MR) is 81.8 cm³/mol. The lowest BCUT2D eigenvalue weighted by Gasteiger charge is -2.35. The fourth-order valence-corrected chi connectivity index (χ4v) is 3.13. The van der Waals surface area contributed by atoms with Gasteiger partial charge in [-0.05, 0) is 6.07 Å². The van der Waals surface area contributed by atoms with Crippen LogP contribution in [0.25, 0.3) is 11.4 Å². The van der Waals surface area contributed by atoms with Crippen molar-refractivity contribution >= 4 is 12.0 Å². The Hall–Kier alpha value is -2.83. The summed E-state index contributed by atoms with van der Waals surface area (Å²) < 4.78 is 5.05. The van der Waals surface area contributed by atoms with E-state index in [0.717, 1.165) is 5.56 Å². The van der Waals surface area contributed by atoms with Gasteiger partial charge < -0.3 is 14.6 Å². The molecule has 1 N–H and O–H groups in total. The van der Waals surface area contributed by atoms with Crippen molar-refractivity contribution < 1.29 is 14.3 Å². The van der Waals surface area contributed by atoms with Crippen LogP contribution in [0.15, 0.2) is 36.7 Å². The molecular formula is C16H16N4O3. The standard InChI is InChI=1S/C16H16N4O3/c21-15(19-7-8-20-11(9-19)10-23-16(20)22)13-4-2-1-3-12(13)14-17-5-6-18-14/h1-6,11H,7-10H2,(H,17,18)/t11-/m1/s1. The first kappa shape index (κ1) is 13.8. The van der Waals surface area contributed by atoms with E-state index < -0.39 is 0 Å². The number of carbonyl (C=O) groups excluding carboxylic acids is 2. The predicted octanol–water partition coefficient (Wildman–Crippen LogP) is 1.35. The van der Waals surface area contributed by atoms with Crippen molar-refractivity contribution in [1.29, 1.82) is 0 Å². The van der Waals surface area contributed by atoms with Crippen LogP contribution in [-0.2, 0) is 4.74 Å². The number of hydrogen-bond donors (Lipinski definition) is 1. The van der Waals surface area contributed by atoms with E-state index in [0.29, 0.717) is 37.6 Å². The summed E-state index contributed by atoms with van der Waals surface area (Å²) >= 11 is 0. The zero-order valence-electron chi connectivity index (χ0n) is 12.4. The lowest BCUT2D eigenvalue weighted by atomic mass is 10.0.